The molecule has 2 aromatic rings. The third-order valence-corrected chi connectivity index (χ3v) is 3.52. The van der Waals surface area contributed by atoms with E-state index in [1.165, 1.54) is 0 Å². The summed E-state index contributed by atoms with van der Waals surface area (Å²) in [5.74, 6) is 1.67. The number of benzene rings is 2. The van der Waals surface area contributed by atoms with Gasteiger partial charge in [-0.1, -0.05) is 42.0 Å². The maximum absolute atomic E-state index is 5.98. The van der Waals surface area contributed by atoms with Gasteiger partial charge in [0.1, 0.15) is 11.5 Å². The second kappa shape index (κ2) is 6.51. The number of halogens is 1. The van der Waals surface area contributed by atoms with Crippen LogP contribution in [0.4, 0.5) is 0 Å². The van der Waals surface area contributed by atoms with Gasteiger partial charge >= 0.3 is 0 Å². The average molecular weight is 298 g/mol. The minimum Gasteiger partial charge on any atom is -0.457 e. The Labute approximate surface area is 129 Å². The summed E-state index contributed by atoms with van der Waals surface area (Å²) in [5, 5.41) is 0.709. The van der Waals surface area contributed by atoms with Crippen LogP contribution in [0.15, 0.2) is 73.0 Å². The van der Waals surface area contributed by atoms with Crippen molar-refractivity contribution in [3.05, 3.63) is 83.5 Å². The highest BCUT2D eigenvalue weighted by atomic mass is 35.5. The fraction of sp³-hybridized carbons (Fsp3) is 0.111. The molecule has 1 aliphatic heterocycles. The minimum atomic E-state index is 0.709. The quantitative estimate of drug-likeness (QED) is 0.786. The third kappa shape index (κ3) is 3.67. The van der Waals surface area contributed by atoms with E-state index >= 15 is 0 Å². The average Bonchev–Trinajstić information content (AvgIpc) is 2.52. The van der Waals surface area contributed by atoms with Crippen molar-refractivity contribution in [3.8, 4) is 11.5 Å². The molecule has 0 aliphatic carbocycles. The summed E-state index contributed by atoms with van der Waals surface area (Å²) < 4.78 is 5.98. The summed E-state index contributed by atoms with van der Waals surface area (Å²) in [5.41, 5.74) is 1.16. The van der Waals surface area contributed by atoms with E-state index in [9.17, 15) is 0 Å². The van der Waals surface area contributed by atoms with Crippen LogP contribution >= 0.6 is 11.6 Å². The number of allylic oxidation sites excluding steroid dienone is 2. The first-order valence-electron chi connectivity index (χ1n) is 6.90. The highest BCUT2D eigenvalue weighted by molar-refractivity contribution is 6.30. The Morgan fingerprint density at radius 1 is 1.00 bits per heavy atom. The number of rotatable bonds is 4. The van der Waals surface area contributed by atoms with Gasteiger partial charge in [-0.15, -0.1) is 0 Å². The largest absolute Gasteiger partial charge is 0.457 e. The zero-order valence-electron chi connectivity index (χ0n) is 11.6. The molecule has 0 unspecified atom stereocenters. The lowest BCUT2D eigenvalue weighted by Gasteiger charge is -2.22. The fourth-order valence-electron chi connectivity index (χ4n) is 2.21. The Morgan fingerprint density at radius 3 is 2.57 bits per heavy atom. The molecular formula is C18H16ClNO. The molecule has 0 aromatic heterocycles. The Balaban J connectivity index is 1.77. The zero-order valence-corrected chi connectivity index (χ0v) is 12.3. The highest BCUT2D eigenvalue weighted by Crippen LogP contribution is 2.27. The maximum Gasteiger partial charge on any atom is 0.132 e. The third-order valence-electron chi connectivity index (χ3n) is 3.27. The lowest BCUT2D eigenvalue weighted by atomic mass is 10.2. The van der Waals surface area contributed by atoms with E-state index in [0.717, 1.165) is 30.2 Å². The van der Waals surface area contributed by atoms with Crippen LogP contribution in [0.5, 0.6) is 11.5 Å². The molecule has 0 bridgehead atoms. The normalized spacial score (nSPS) is 13.5. The van der Waals surface area contributed by atoms with Crippen molar-refractivity contribution in [2.24, 2.45) is 0 Å². The smallest absolute Gasteiger partial charge is 0.132 e. The van der Waals surface area contributed by atoms with Crippen molar-refractivity contribution in [1.29, 1.82) is 0 Å². The summed E-state index contributed by atoms with van der Waals surface area (Å²) in [4.78, 5) is 2.24. The van der Waals surface area contributed by atoms with Gasteiger partial charge in [-0.3, -0.25) is 0 Å². The maximum atomic E-state index is 5.98. The van der Waals surface area contributed by atoms with E-state index in [4.69, 9.17) is 16.3 Å². The van der Waals surface area contributed by atoms with Crippen LogP contribution < -0.4 is 4.74 Å². The molecule has 3 rings (SSSR count). The summed E-state index contributed by atoms with van der Waals surface area (Å²) in [6, 6.07) is 15.5. The monoisotopic (exact) mass is 297 g/mol. The number of para-hydroxylation sites is 1. The second-order valence-electron chi connectivity index (χ2n) is 4.86. The van der Waals surface area contributed by atoms with Gasteiger partial charge < -0.3 is 9.64 Å². The molecular weight excluding hydrogens is 282 g/mol. The van der Waals surface area contributed by atoms with E-state index in [0.29, 0.717) is 5.02 Å². The predicted octanol–water partition coefficient (Wildman–Crippen LogP) is 5.02. The molecule has 0 saturated carbocycles. The first-order valence-corrected chi connectivity index (χ1v) is 7.28. The number of hydrogen-bond acceptors (Lipinski definition) is 2. The predicted molar refractivity (Wildman–Crippen MR) is 86.7 cm³/mol. The number of hydrogen-bond donors (Lipinski definition) is 0. The van der Waals surface area contributed by atoms with Crippen LogP contribution in [0, 0.1) is 0 Å². The molecule has 0 atom stereocenters. The molecule has 0 amide bonds. The minimum absolute atomic E-state index is 0.709. The fourth-order valence-corrected chi connectivity index (χ4v) is 2.33. The molecule has 1 aliphatic rings. The SMILES string of the molecule is Clc1ccc(Oc2ccccc2CN2C=CC=CC2)cc1. The lowest BCUT2D eigenvalue weighted by Crippen LogP contribution is -2.18. The molecule has 2 nitrogen and oxygen atoms in total. The van der Waals surface area contributed by atoms with Gasteiger partial charge in [0.25, 0.3) is 0 Å². The zero-order chi connectivity index (χ0) is 14.5. The molecule has 106 valence electrons. The molecule has 3 heteroatoms. The van der Waals surface area contributed by atoms with Crippen molar-refractivity contribution >= 4 is 11.6 Å². The van der Waals surface area contributed by atoms with E-state index in [2.05, 4.69) is 29.3 Å². The van der Waals surface area contributed by atoms with Crippen LogP contribution in [-0.4, -0.2) is 11.4 Å². The van der Waals surface area contributed by atoms with E-state index < -0.39 is 0 Å². The topological polar surface area (TPSA) is 12.5 Å². The molecule has 0 spiro atoms. The van der Waals surface area contributed by atoms with Gasteiger partial charge in [0.15, 0.2) is 0 Å². The van der Waals surface area contributed by atoms with Gasteiger partial charge in [0, 0.05) is 23.7 Å². The van der Waals surface area contributed by atoms with Gasteiger partial charge in [-0.05, 0) is 42.6 Å². The van der Waals surface area contributed by atoms with Crippen molar-refractivity contribution in [3.63, 3.8) is 0 Å². The Bertz CT molecular complexity index is 661. The van der Waals surface area contributed by atoms with E-state index in [1.807, 2.05) is 48.5 Å². The number of ether oxygens (including phenoxy) is 1. The van der Waals surface area contributed by atoms with Crippen molar-refractivity contribution in [1.82, 2.24) is 4.90 Å². The summed E-state index contributed by atoms with van der Waals surface area (Å²) in [6.45, 7) is 1.75. The highest BCUT2D eigenvalue weighted by Gasteiger charge is 2.08. The van der Waals surface area contributed by atoms with Crippen LogP contribution in [0.2, 0.25) is 5.02 Å². The van der Waals surface area contributed by atoms with Gasteiger partial charge in [-0.25, -0.2) is 0 Å². The first-order chi connectivity index (χ1) is 10.3. The van der Waals surface area contributed by atoms with Crippen LogP contribution in [-0.2, 0) is 6.54 Å². The van der Waals surface area contributed by atoms with Crippen LogP contribution in [0.1, 0.15) is 5.56 Å². The standard InChI is InChI=1S/C18H16ClNO/c19-16-8-10-17(11-9-16)21-18-7-3-2-6-15(18)14-20-12-4-1-5-13-20/h1-12H,13-14H2. The lowest BCUT2D eigenvalue weighted by molar-refractivity contribution is 0.391. The van der Waals surface area contributed by atoms with Gasteiger partial charge in [0.05, 0.1) is 0 Å². The molecule has 1 heterocycles. The van der Waals surface area contributed by atoms with E-state index in [1.54, 1.807) is 0 Å². The Kier molecular flexibility index (Phi) is 4.27. The summed E-state index contributed by atoms with van der Waals surface area (Å²) >= 11 is 5.90. The Morgan fingerprint density at radius 2 is 1.81 bits per heavy atom. The van der Waals surface area contributed by atoms with Gasteiger partial charge in [-0.2, -0.15) is 0 Å². The van der Waals surface area contributed by atoms with Crippen molar-refractivity contribution < 1.29 is 4.74 Å². The Hall–Kier alpha value is -2.19. The summed E-state index contributed by atoms with van der Waals surface area (Å²) in [7, 11) is 0. The molecule has 0 radical (unpaired) electrons. The van der Waals surface area contributed by atoms with Crippen molar-refractivity contribution in [2.45, 2.75) is 6.54 Å². The molecule has 2 aromatic carbocycles. The molecule has 0 N–H and O–H groups in total. The van der Waals surface area contributed by atoms with Crippen LogP contribution in [0.25, 0.3) is 0 Å². The first kappa shape index (κ1) is 13.8. The summed E-state index contributed by atoms with van der Waals surface area (Å²) in [6.07, 6.45) is 8.35. The second-order valence-corrected chi connectivity index (χ2v) is 5.30. The molecule has 0 saturated heterocycles. The molecule has 21 heavy (non-hydrogen) atoms. The number of nitrogens with zero attached hydrogens (tertiary/aromatic N) is 1. The van der Waals surface area contributed by atoms with Gasteiger partial charge in [0.2, 0.25) is 0 Å². The molecule has 0 fully saturated rings. The van der Waals surface area contributed by atoms with Crippen molar-refractivity contribution in [2.75, 3.05) is 6.54 Å². The van der Waals surface area contributed by atoms with Crippen LogP contribution in [0.3, 0.4) is 0 Å². The van der Waals surface area contributed by atoms with E-state index in [-0.39, 0.29) is 0 Å².